The van der Waals surface area contributed by atoms with Crippen molar-refractivity contribution in [3.8, 4) is 5.75 Å². The molecule has 20 heavy (non-hydrogen) atoms. The zero-order chi connectivity index (χ0) is 14.4. The molecule has 0 aliphatic heterocycles. The van der Waals surface area contributed by atoms with E-state index < -0.39 is 0 Å². The first-order valence-electron chi connectivity index (χ1n) is 7.12. The zero-order valence-corrected chi connectivity index (χ0v) is 12.5. The molecular formula is C16H23N3O. The van der Waals surface area contributed by atoms with Crippen molar-refractivity contribution in [2.24, 2.45) is 0 Å². The number of ether oxygens (including phenoxy) is 1. The fraction of sp³-hybridized carbons (Fsp3) is 0.438. The highest BCUT2D eigenvalue weighted by Gasteiger charge is 2.01. The predicted octanol–water partition coefficient (Wildman–Crippen LogP) is 2.69. The minimum Gasteiger partial charge on any atom is -0.492 e. The molecule has 0 fully saturated rings. The normalized spacial score (nSPS) is 10.8. The van der Waals surface area contributed by atoms with Gasteiger partial charge in [-0.3, -0.25) is 4.68 Å². The van der Waals surface area contributed by atoms with Gasteiger partial charge in [0.1, 0.15) is 12.4 Å². The molecule has 0 aliphatic rings. The van der Waals surface area contributed by atoms with E-state index in [1.54, 1.807) is 0 Å². The molecule has 0 radical (unpaired) electrons. The van der Waals surface area contributed by atoms with E-state index in [0.29, 0.717) is 6.61 Å². The number of hydrogen-bond donors (Lipinski definition) is 1. The largest absolute Gasteiger partial charge is 0.492 e. The number of aromatic nitrogens is 2. The topological polar surface area (TPSA) is 39.1 Å². The van der Waals surface area contributed by atoms with E-state index in [2.05, 4.69) is 42.5 Å². The molecule has 0 bridgehead atoms. The van der Waals surface area contributed by atoms with Crippen molar-refractivity contribution in [1.82, 2.24) is 15.1 Å². The molecule has 0 atom stereocenters. The Balaban J connectivity index is 1.80. The van der Waals surface area contributed by atoms with Gasteiger partial charge in [0, 0.05) is 12.2 Å². The van der Waals surface area contributed by atoms with E-state index in [9.17, 15) is 0 Å². The molecule has 0 amide bonds. The van der Waals surface area contributed by atoms with Crippen LogP contribution in [0.1, 0.15) is 23.9 Å². The molecule has 0 aliphatic carbocycles. The van der Waals surface area contributed by atoms with E-state index in [1.807, 2.05) is 23.7 Å². The number of nitrogens with one attached hydrogen (secondary N) is 1. The molecule has 1 aromatic carbocycles. The van der Waals surface area contributed by atoms with Crippen LogP contribution >= 0.6 is 0 Å². The molecule has 0 spiro atoms. The van der Waals surface area contributed by atoms with Crippen molar-refractivity contribution in [2.45, 2.75) is 33.9 Å². The summed E-state index contributed by atoms with van der Waals surface area (Å²) in [6.07, 6.45) is 0. The van der Waals surface area contributed by atoms with Crippen LogP contribution in [0.15, 0.2) is 30.3 Å². The Morgan fingerprint density at radius 2 is 1.95 bits per heavy atom. The Bertz CT molecular complexity index is 531. The summed E-state index contributed by atoms with van der Waals surface area (Å²) in [5.74, 6) is 0.909. The maximum absolute atomic E-state index is 5.75. The molecule has 0 unspecified atom stereocenters. The lowest BCUT2D eigenvalue weighted by Crippen LogP contribution is -2.12. The Labute approximate surface area is 120 Å². The van der Waals surface area contributed by atoms with E-state index in [-0.39, 0.29) is 0 Å². The zero-order valence-electron chi connectivity index (χ0n) is 12.5. The molecule has 2 aromatic rings. The van der Waals surface area contributed by atoms with Gasteiger partial charge in [0.2, 0.25) is 0 Å². The first-order valence-corrected chi connectivity index (χ1v) is 7.12. The van der Waals surface area contributed by atoms with Crippen LogP contribution in [0.3, 0.4) is 0 Å². The Hall–Kier alpha value is -1.81. The van der Waals surface area contributed by atoms with Gasteiger partial charge in [-0.25, -0.2) is 0 Å². The SMILES string of the molecule is CCNCc1ccc(OCCn2nc(C)cc2C)cc1. The molecular weight excluding hydrogens is 250 g/mol. The van der Waals surface area contributed by atoms with Crippen LogP contribution in [-0.4, -0.2) is 22.9 Å². The van der Waals surface area contributed by atoms with E-state index in [0.717, 1.165) is 31.1 Å². The lowest BCUT2D eigenvalue weighted by atomic mass is 10.2. The lowest BCUT2D eigenvalue weighted by molar-refractivity contribution is 0.289. The van der Waals surface area contributed by atoms with Gasteiger partial charge in [0.25, 0.3) is 0 Å². The van der Waals surface area contributed by atoms with Gasteiger partial charge >= 0.3 is 0 Å². The highest BCUT2D eigenvalue weighted by molar-refractivity contribution is 5.27. The second kappa shape index (κ2) is 7.10. The molecule has 4 heteroatoms. The van der Waals surface area contributed by atoms with Crippen LogP contribution < -0.4 is 10.1 Å². The first-order chi connectivity index (χ1) is 9.69. The van der Waals surface area contributed by atoms with Crippen molar-refractivity contribution in [2.75, 3.05) is 13.2 Å². The number of hydrogen-bond acceptors (Lipinski definition) is 3. The number of aryl methyl sites for hydroxylation is 2. The van der Waals surface area contributed by atoms with Gasteiger partial charge in [-0.1, -0.05) is 19.1 Å². The Morgan fingerprint density at radius 1 is 1.20 bits per heavy atom. The number of benzene rings is 1. The molecule has 1 aromatic heterocycles. The van der Waals surface area contributed by atoms with Crippen LogP contribution in [0.25, 0.3) is 0 Å². The second-order valence-corrected chi connectivity index (χ2v) is 4.92. The fourth-order valence-electron chi connectivity index (χ4n) is 2.12. The molecule has 1 heterocycles. The minimum atomic E-state index is 0.633. The lowest BCUT2D eigenvalue weighted by Gasteiger charge is -2.08. The smallest absolute Gasteiger partial charge is 0.119 e. The maximum atomic E-state index is 5.75. The molecule has 0 saturated carbocycles. The number of rotatable bonds is 7. The van der Waals surface area contributed by atoms with Crippen molar-refractivity contribution in [3.63, 3.8) is 0 Å². The van der Waals surface area contributed by atoms with Gasteiger partial charge in [0.15, 0.2) is 0 Å². The third kappa shape index (κ3) is 4.10. The summed E-state index contributed by atoms with van der Waals surface area (Å²) in [6, 6.07) is 10.3. The summed E-state index contributed by atoms with van der Waals surface area (Å²) in [4.78, 5) is 0. The molecule has 1 N–H and O–H groups in total. The fourth-order valence-corrected chi connectivity index (χ4v) is 2.12. The third-order valence-electron chi connectivity index (χ3n) is 3.18. The van der Waals surface area contributed by atoms with Gasteiger partial charge in [-0.15, -0.1) is 0 Å². The maximum Gasteiger partial charge on any atom is 0.119 e. The monoisotopic (exact) mass is 273 g/mol. The Kier molecular flexibility index (Phi) is 5.18. The standard InChI is InChI=1S/C16H23N3O/c1-4-17-12-15-5-7-16(8-6-15)20-10-9-19-14(3)11-13(2)18-19/h5-8,11,17H,4,9-10,12H2,1-3H3. The van der Waals surface area contributed by atoms with E-state index in [1.165, 1.54) is 11.3 Å². The van der Waals surface area contributed by atoms with Crippen LogP contribution in [-0.2, 0) is 13.1 Å². The summed E-state index contributed by atoms with van der Waals surface area (Å²) in [5.41, 5.74) is 3.50. The van der Waals surface area contributed by atoms with Crippen molar-refractivity contribution < 1.29 is 4.74 Å². The summed E-state index contributed by atoms with van der Waals surface area (Å²) >= 11 is 0. The highest BCUT2D eigenvalue weighted by Crippen LogP contribution is 2.12. The summed E-state index contributed by atoms with van der Waals surface area (Å²) in [7, 11) is 0. The van der Waals surface area contributed by atoms with Gasteiger partial charge < -0.3 is 10.1 Å². The predicted molar refractivity (Wildman–Crippen MR) is 81.0 cm³/mol. The van der Waals surface area contributed by atoms with Gasteiger partial charge in [-0.05, 0) is 44.2 Å². The van der Waals surface area contributed by atoms with Crippen LogP contribution in [0.4, 0.5) is 0 Å². The molecule has 4 nitrogen and oxygen atoms in total. The van der Waals surface area contributed by atoms with Crippen molar-refractivity contribution in [3.05, 3.63) is 47.3 Å². The van der Waals surface area contributed by atoms with Gasteiger partial charge in [0.05, 0.1) is 12.2 Å². The average molecular weight is 273 g/mol. The third-order valence-corrected chi connectivity index (χ3v) is 3.18. The second-order valence-electron chi connectivity index (χ2n) is 4.92. The quantitative estimate of drug-likeness (QED) is 0.843. The molecule has 2 rings (SSSR count). The van der Waals surface area contributed by atoms with Gasteiger partial charge in [-0.2, -0.15) is 5.10 Å². The first kappa shape index (κ1) is 14.6. The number of nitrogens with zero attached hydrogens (tertiary/aromatic N) is 2. The van der Waals surface area contributed by atoms with Crippen LogP contribution in [0.2, 0.25) is 0 Å². The van der Waals surface area contributed by atoms with E-state index in [4.69, 9.17) is 4.74 Å². The highest BCUT2D eigenvalue weighted by atomic mass is 16.5. The minimum absolute atomic E-state index is 0.633. The average Bonchev–Trinajstić information content (AvgIpc) is 2.76. The summed E-state index contributed by atoms with van der Waals surface area (Å²) < 4.78 is 7.73. The molecule has 0 saturated heterocycles. The van der Waals surface area contributed by atoms with Crippen LogP contribution in [0, 0.1) is 13.8 Å². The molecule has 108 valence electrons. The Morgan fingerprint density at radius 3 is 2.55 bits per heavy atom. The summed E-state index contributed by atoms with van der Waals surface area (Å²) in [5, 5.41) is 7.72. The van der Waals surface area contributed by atoms with Crippen LogP contribution in [0.5, 0.6) is 5.75 Å². The van der Waals surface area contributed by atoms with Crippen molar-refractivity contribution in [1.29, 1.82) is 0 Å². The van der Waals surface area contributed by atoms with E-state index >= 15 is 0 Å². The van der Waals surface area contributed by atoms with Crippen molar-refractivity contribution >= 4 is 0 Å². The summed E-state index contributed by atoms with van der Waals surface area (Å²) in [6.45, 7) is 9.48.